The van der Waals surface area contributed by atoms with Gasteiger partial charge >= 0.3 is 0 Å². The molecule has 0 amide bonds. The predicted molar refractivity (Wildman–Crippen MR) is 82.7 cm³/mol. The minimum absolute atomic E-state index is 0.00867. The highest BCUT2D eigenvalue weighted by Gasteiger charge is 2.25. The molecule has 19 heavy (non-hydrogen) atoms. The molecular formula is C16H26ClNO. The van der Waals surface area contributed by atoms with Crippen molar-refractivity contribution >= 4 is 11.6 Å². The molecule has 1 rings (SSSR count). The van der Waals surface area contributed by atoms with Crippen LogP contribution in [0.1, 0.15) is 39.2 Å². The number of benzene rings is 1. The van der Waals surface area contributed by atoms with Crippen molar-refractivity contribution < 1.29 is 5.11 Å². The summed E-state index contributed by atoms with van der Waals surface area (Å²) < 4.78 is 0. The van der Waals surface area contributed by atoms with Crippen molar-refractivity contribution in [1.29, 1.82) is 0 Å². The standard InChI is InChI=1S/C16H26ClNO/c1-4-16(5-2,12-19)11-18-13(3)10-14-8-6-7-9-15(14)17/h6-9,13,18-19H,4-5,10-12H2,1-3H3. The number of hydrogen-bond donors (Lipinski definition) is 2. The summed E-state index contributed by atoms with van der Waals surface area (Å²) in [7, 11) is 0. The van der Waals surface area contributed by atoms with E-state index >= 15 is 0 Å². The quantitative estimate of drug-likeness (QED) is 0.763. The maximum Gasteiger partial charge on any atom is 0.0499 e. The Kier molecular flexibility index (Phi) is 6.84. The normalized spacial score (nSPS) is 13.5. The molecule has 0 bridgehead atoms. The molecule has 0 aliphatic rings. The van der Waals surface area contributed by atoms with Gasteiger partial charge in [-0.2, -0.15) is 0 Å². The van der Waals surface area contributed by atoms with Crippen LogP contribution in [-0.4, -0.2) is 24.3 Å². The molecule has 0 radical (unpaired) electrons. The van der Waals surface area contributed by atoms with Crippen molar-refractivity contribution in [2.24, 2.45) is 5.41 Å². The summed E-state index contributed by atoms with van der Waals surface area (Å²) in [5.41, 5.74) is 1.18. The molecule has 1 aromatic rings. The van der Waals surface area contributed by atoms with E-state index in [4.69, 9.17) is 11.6 Å². The van der Waals surface area contributed by atoms with E-state index in [0.29, 0.717) is 6.04 Å². The third kappa shape index (κ3) is 4.79. The van der Waals surface area contributed by atoms with Gasteiger partial charge in [0.05, 0.1) is 0 Å². The number of nitrogens with one attached hydrogen (secondary N) is 1. The molecule has 1 atom stereocenters. The molecular weight excluding hydrogens is 258 g/mol. The topological polar surface area (TPSA) is 32.3 Å². The first kappa shape index (κ1) is 16.5. The van der Waals surface area contributed by atoms with E-state index in [0.717, 1.165) is 30.8 Å². The fraction of sp³-hybridized carbons (Fsp3) is 0.625. The average molecular weight is 284 g/mol. The molecule has 0 aliphatic heterocycles. The summed E-state index contributed by atoms with van der Waals surface area (Å²) in [6.07, 6.45) is 2.90. The fourth-order valence-electron chi connectivity index (χ4n) is 2.24. The van der Waals surface area contributed by atoms with Crippen LogP contribution < -0.4 is 5.32 Å². The molecule has 0 saturated carbocycles. The molecule has 0 heterocycles. The maximum absolute atomic E-state index is 9.56. The average Bonchev–Trinajstić information content (AvgIpc) is 2.44. The Balaban J connectivity index is 2.52. The van der Waals surface area contributed by atoms with E-state index < -0.39 is 0 Å². The minimum atomic E-state index is 0.00867. The second-order valence-corrected chi connectivity index (χ2v) is 5.85. The molecule has 2 N–H and O–H groups in total. The zero-order valence-corrected chi connectivity index (χ0v) is 13.0. The molecule has 0 spiro atoms. The van der Waals surface area contributed by atoms with E-state index in [1.165, 1.54) is 5.56 Å². The Hall–Kier alpha value is -0.570. The van der Waals surface area contributed by atoms with Crippen LogP contribution in [0.3, 0.4) is 0 Å². The van der Waals surface area contributed by atoms with Crippen molar-refractivity contribution in [3.05, 3.63) is 34.9 Å². The van der Waals surface area contributed by atoms with Crippen LogP contribution in [0.2, 0.25) is 5.02 Å². The lowest BCUT2D eigenvalue weighted by Crippen LogP contribution is -2.41. The third-order valence-electron chi connectivity index (χ3n) is 4.14. The lowest BCUT2D eigenvalue weighted by atomic mass is 9.83. The molecule has 108 valence electrons. The smallest absolute Gasteiger partial charge is 0.0499 e. The fourth-order valence-corrected chi connectivity index (χ4v) is 2.45. The van der Waals surface area contributed by atoms with Gasteiger partial charge in [0.1, 0.15) is 0 Å². The van der Waals surface area contributed by atoms with Crippen LogP contribution in [0, 0.1) is 5.41 Å². The number of aliphatic hydroxyl groups excluding tert-OH is 1. The van der Waals surface area contributed by atoms with Gasteiger partial charge in [0.15, 0.2) is 0 Å². The van der Waals surface area contributed by atoms with Gasteiger partial charge in [-0.3, -0.25) is 0 Å². The van der Waals surface area contributed by atoms with Gasteiger partial charge in [-0.05, 0) is 37.8 Å². The minimum Gasteiger partial charge on any atom is -0.396 e. The molecule has 3 heteroatoms. The molecule has 1 unspecified atom stereocenters. The zero-order chi connectivity index (χ0) is 14.3. The molecule has 2 nitrogen and oxygen atoms in total. The monoisotopic (exact) mass is 283 g/mol. The van der Waals surface area contributed by atoms with E-state index in [9.17, 15) is 5.11 Å². The summed E-state index contributed by atoms with van der Waals surface area (Å²) in [6, 6.07) is 8.32. The predicted octanol–water partition coefficient (Wildman–Crippen LogP) is 3.66. The van der Waals surface area contributed by atoms with Crippen molar-refractivity contribution in [2.45, 2.75) is 46.1 Å². The second kappa shape index (κ2) is 7.88. The van der Waals surface area contributed by atoms with E-state index in [1.807, 2.05) is 18.2 Å². The van der Waals surface area contributed by atoms with Crippen LogP contribution in [0.15, 0.2) is 24.3 Å². The van der Waals surface area contributed by atoms with Crippen LogP contribution in [0.5, 0.6) is 0 Å². The Morgan fingerprint density at radius 3 is 2.42 bits per heavy atom. The lowest BCUT2D eigenvalue weighted by molar-refractivity contribution is 0.110. The Bertz CT molecular complexity index is 369. The number of halogens is 1. The first-order chi connectivity index (χ1) is 9.06. The van der Waals surface area contributed by atoms with E-state index in [2.05, 4.69) is 32.2 Å². The first-order valence-electron chi connectivity index (χ1n) is 7.14. The lowest BCUT2D eigenvalue weighted by Gasteiger charge is -2.31. The van der Waals surface area contributed by atoms with Crippen molar-refractivity contribution in [2.75, 3.05) is 13.2 Å². The molecule has 0 saturated heterocycles. The molecule has 1 aromatic carbocycles. The van der Waals surface area contributed by atoms with Gasteiger partial charge in [0, 0.05) is 29.6 Å². The van der Waals surface area contributed by atoms with Crippen molar-refractivity contribution in [3.8, 4) is 0 Å². The van der Waals surface area contributed by atoms with Gasteiger partial charge in [-0.1, -0.05) is 43.6 Å². The summed E-state index contributed by atoms with van der Waals surface area (Å²) in [5, 5.41) is 13.9. The Morgan fingerprint density at radius 1 is 1.26 bits per heavy atom. The van der Waals surface area contributed by atoms with Crippen LogP contribution >= 0.6 is 11.6 Å². The number of hydrogen-bond acceptors (Lipinski definition) is 2. The Morgan fingerprint density at radius 2 is 1.89 bits per heavy atom. The van der Waals surface area contributed by atoms with E-state index in [1.54, 1.807) is 0 Å². The highest BCUT2D eigenvalue weighted by molar-refractivity contribution is 6.31. The van der Waals surface area contributed by atoms with Gasteiger partial charge in [0.25, 0.3) is 0 Å². The van der Waals surface area contributed by atoms with Gasteiger partial charge in [0.2, 0.25) is 0 Å². The van der Waals surface area contributed by atoms with Crippen LogP contribution in [0.25, 0.3) is 0 Å². The third-order valence-corrected chi connectivity index (χ3v) is 4.51. The molecule has 0 aliphatic carbocycles. The zero-order valence-electron chi connectivity index (χ0n) is 12.2. The SMILES string of the molecule is CCC(CC)(CO)CNC(C)Cc1ccccc1Cl. The maximum atomic E-state index is 9.56. The summed E-state index contributed by atoms with van der Waals surface area (Å²) in [6.45, 7) is 7.53. The summed E-state index contributed by atoms with van der Waals surface area (Å²) in [5.74, 6) is 0. The van der Waals surface area contributed by atoms with E-state index in [-0.39, 0.29) is 12.0 Å². The largest absolute Gasteiger partial charge is 0.396 e. The van der Waals surface area contributed by atoms with Crippen molar-refractivity contribution in [1.82, 2.24) is 5.32 Å². The number of rotatable bonds is 8. The first-order valence-corrected chi connectivity index (χ1v) is 7.52. The van der Waals surface area contributed by atoms with Crippen LogP contribution in [0.4, 0.5) is 0 Å². The van der Waals surface area contributed by atoms with Crippen molar-refractivity contribution in [3.63, 3.8) is 0 Å². The Labute approximate surface area is 122 Å². The highest BCUT2D eigenvalue weighted by Crippen LogP contribution is 2.25. The second-order valence-electron chi connectivity index (χ2n) is 5.44. The van der Waals surface area contributed by atoms with Crippen LogP contribution in [-0.2, 0) is 6.42 Å². The molecule has 0 aromatic heterocycles. The molecule has 0 fully saturated rings. The summed E-state index contributed by atoms with van der Waals surface area (Å²) in [4.78, 5) is 0. The van der Waals surface area contributed by atoms with Gasteiger partial charge in [-0.15, -0.1) is 0 Å². The highest BCUT2D eigenvalue weighted by atomic mass is 35.5. The summed E-state index contributed by atoms with van der Waals surface area (Å²) >= 11 is 6.17. The van der Waals surface area contributed by atoms with Gasteiger partial charge < -0.3 is 10.4 Å². The van der Waals surface area contributed by atoms with Gasteiger partial charge in [-0.25, -0.2) is 0 Å². The number of aliphatic hydroxyl groups is 1.